The summed E-state index contributed by atoms with van der Waals surface area (Å²) in [6, 6.07) is 2.40. The lowest BCUT2D eigenvalue weighted by Crippen LogP contribution is -2.43. The number of aryl methyl sites for hydroxylation is 1. The Labute approximate surface area is 127 Å². The van der Waals surface area contributed by atoms with Crippen molar-refractivity contribution in [2.75, 3.05) is 11.9 Å². The van der Waals surface area contributed by atoms with Crippen LogP contribution in [0.2, 0.25) is 0 Å². The minimum absolute atomic E-state index is 0.0406. The molecule has 0 bridgehead atoms. The number of piperidine rings is 1. The van der Waals surface area contributed by atoms with Gasteiger partial charge in [0.25, 0.3) is 5.91 Å². The molecule has 5 heteroatoms. The van der Waals surface area contributed by atoms with Crippen molar-refractivity contribution in [3.05, 3.63) is 17.6 Å². The van der Waals surface area contributed by atoms with Gasteiger partial charge in [-0.25, -0.2) is 9.97 Å². The quantitative estimate of drug-likeness (QED) is 0.926. The van der Waals surface area contributed by atoms with Crippen LogP contribution in [-0.2, 0) is 0 Å². The molecule has 0 spiro atoms. The first kappa shape index (κ1) is 15.7. The van der Waals surface area contributed by atoms with Crippen LogP contribution in [-0.4, -0.2) is 39.4 Å². The number of carbonyl (C=O) groups excluding carboxylic acids is 1. The van der Waals surface area contributed by atoms with Gasteiger partial charge in [-0.15, -0.1) is 0 Å². The average Bonchev–Trinajstić information content (AvgIpc) is 2.45. The van der Waals surface area contributed by atoms with Crippen molar-refractivity contribution in [2.45, 2.75) is 65.5 Å². The van der Waals surface area contributed by atoms with E-state index in [0.717, 1.165) is 31.6 Å². The molecule has 0 radical (unpaired) electrons. The predicted octanol–water partition coefficient (Wildman–Crippen LogP) is 3.01. The van der Waals surface area contributed by atoms with E-state index in [1.807, 2.05) is 11.8 Å². The number of nitrogens with zero attached hydrogens (tertiary/aromatic N) is 3. The molecule has 2 rings (SSSR count). The van der Waals surface area contributed by atoms with E-state index >= 15 is 0 Å². The molecule has 1 aliphatic heterocycles. The highest BCUT2D eigenvalue weighted by atomic mass is 16.2. The van der Waals surface area contributed by atoms with Crippen molar-refractivity contribution >= 4 is 11.7 Å². The molecule has 1 aromatic rings. The van der Waals surface area contributed by atoms with Crippen molar-refractivity contribution < 1.29 is 4.79 Å². The van der Waals surface area contributed by atoms with Crippen LogP contribution in [0.15, 0.2) is 6.07 Å². The van der Waals surface area contributed by atoms with Gasteiger partial charge in [0.15, 0.2) is 0 Å². The van der Waals surface area contributed by atoms with Gasteiger partial charge in [0.2, 0.25) is 0 Å². The molecule has 1 N–H and O–H groups in total. The second-order valence-corrected chi connectivity index (χ2v) is 6.04. The van der Waals surface area contributed by atoms with Gasteiger partial charge >= 0.3 is 0 Å². The molecule has 0 saturated carbocycles. The third-order valence-electron chi connectivity index (χ3n) is 3.85. The van der Waals surface area contributed by atoms with Gasteiger partial charge in [-0.2, -0.15) is 0 Å². The number of nitrogens with one attached hydrogen (secondary N) is 1. The zero-order valence-corrected chi connectivity index (χ0v) is 13.5. The van der Waals surface area contributed by atoms with Crippen LogP contribution in [0.5, 0.6) is 0 Å². The van der Waals surface area contributed by atoms with E-state index in [0.29, 0.717) is 17.6 Å². The molecular formula is C16H26N4O. The summed E-state index contributed by atoms with van der Waals surface area (Å²) in [5.74, 6) is 1.40. The van der Waals surface area contributed by atoms with Crippen molar-refractivity contribution in [1.82, 2.24) is 14.9 Å². The lowest BCUT2D eigenvalue weighted by Gasteiger charge is -2.35. The monoisotopic (exact) mass is 290 g/mol. The number of likely N-dealkylation sites (tertiary alicyclic amines) is 1. The fourth-order valence-corrected chi connectivity index (χ4v) is 2.89. The molecule has 1 aliphatic rings. The Morgan fingerprint density at radius 2 is 2.19 bits per heavy atom. The van der Waals surface area contributed by atoms with Gasteiger partial charge in [-0.3, -0.25) is 4.79 Å². The first-order valence-electron chi connectivity index (χ1n) is 7.94. The summed E-state index contributed by atoms with van der Waals surface area (Å²) in [7, 11) is 0. The van der Waals surface area contributed by atoms with Crippen LogP contribution >= 0.6 is 0 Å². The minimum atomic E-state index is 0.0406. The van der Waals surface area contributed by atoms with E-state index in [1.54, 1.807) is 6.07 Å². The van der Waals surface area contributed by atoms with Crippen molar-refractivity contribution in [1.29, 1.82) is 0 Å². The normalized spacial score (nSPS) is 18.9. The summed E-state index contributed by atoms with van der Waals surface area (Å²) >= 11 is 0. The van der Waals surface area contributed by atoms with E-state index in [2.05, 4.69) is 36.1 Å². The molecule has 0 aromatic carbocycles. The van der Waals surface area contributed by atoms with Crippen LogP contribution in [0.4, 0.5) is 5.82 Å². The number of hydrogen-bond donors (Lipinski definition) is 1. The van der Waals surface area contributed by atoms with Crippen molar-refractivity contribution in [2.24, 2.45) is 0 Å². The SMILES string of the molecule is CCC1CCCCN1C(=O)c1cc(NC(C)C)nc(C)n1. The maximum atomic E-state index is 12.8. The molecule has 5 nitrogen and oxygen atoms in total. The highest BCUT2D eigenvalue weighted by molar-refractivity contribution is 5.93. The molecule has 1 fully saturated rings. The fraction of sp³-hybridized carbons (Fsp3) is 0.688. The summed E-state index contributed by atoms with van der Waals surface area (Å²) in [4.78, 5) is 23.4. The zero-order valence-electron chi connectivity index (χ0n) is 13.5. The van der Waals surface area contributed by atoms with E-state index < -0.39 is 0 Å². The van der Waals surface area contributed by atoms with Gasteiger partial charge in [0.05, 0.1) is 0 Å². The summed E-state index contributed by atoms with van der Waals surface area (Å²) in [6.45, 7) is 8.92. The van der Waals surface area contributed by atoms with Crippen LogP contribution in [0, 0.1) is 6.92 Å². The number of amides is 1. The van der Waals surface area contributed by atoms with Gasteiger partial charge in [0.1, 0.15) is 17.3 Å². The van der Waals surface area contributed by atoms with Crippen molar-refractivity contribution in [3.8, 4) is 0 Å². The molecular weight excluding hydrogens is 264 g/mol. The maximum Gasteiger partial charge on any atom is 0.272 e. The van der Waals surface area contributed by atoms with E-state index in [9.17, 15) is 4.79 Å². The van der Waals surface area contributed by atoms with Crippen LogP contribution in [0.1, 0.15) is 62.8 Å². The summed E-state index contributed by atoms with van der Waals surface area (Å²) in [6.07, 6.45) is 4.41. The largest absolute Gasteiger partial charge is 0.368 e. The maximum absolute atomic E-state index is 12.8. The standard InChI is InChI=1S/C16H26N4O/c1-5-13-8-6-7-9-20(13)16(21)14-10-15(17-11(2)3)19-12(4)18-14/h10-11,13H,5-9H2,1-4H3,(H,17,18,19). The number of aromatic nitrogens is 2. The van der Waals surface area contributed by atoms with E-state index in [-0.39, 0.29) is 11.9 Å². The molecule has 0 aliphatic carbocycles. The Bertz CT molecular complexity index is 501. The highest BCUT2D eigenvalue weighted by Gasteiger charge is 2.27. The Hall–Kier alpha value is -1.65. The van der Waals surface area contributed by atoms with E-state index in [4.69, 9.17) is 0 Å². The van der Waals surface area contributed by atoms with Crippen LogP contribution < -0.4 is 5.32 Å². The van der Waals surface area contributed by atoms with E-state index in [1.165, 1.54) is 6.42 Å². The van der Waals surface area contributed by atoms with Gasteiger partial charge in [-0.05, 0) is 46.5 Å². The molecule has 2 heterocycles. The number of anilines is 1. The zero-order chi connectivity index (χ0) is 15.4. The molecule has 1 atom stereocenters. The summed E-state index contributed by atoms with van der Waals surface area (Å²) in [5.41, 5.74) is 0.506. The molecule has 21 heavy (non-hydrogen) atoms. The Balaban J connectivity index is 2.23. The predicted molar refractivity (Wildman–Crippen MR) is 84.5 cm³/mol. The van der Waals surface area contributed by atoms with Gasteiger partial charge in [-0.1, -0.05) is 6.92 Å². The topological polar surface area (TPSA) is 58.1 Å². The lowest BCUT2D eigenvalue weighted by molar-refractivity contribution is 0.0601. The molecule has 1 aromatic heterocycles. The molecule has 1 unspecified atom stereocenters. The van der Waals surface area contributed by atoms with Crippen LogP contribution in [0.25, 0.3) is 0 Å². The first-order chi connectivity index (χ1) is 10.0. The summed E-state index contributed by atoms with van der Waals surface area (Å²) < 4.78 is 0. The molecule has 116 valence electrons. The number of carbonyl (C=O) groups is 1. The average molecular weight is 290 g/mol. The van der Waals surface area contributed by atoms with Crippen LogP contribution in [0.3, 0.4) is 0 Å². The second kappa shape index (κ2) is 6.87. The first-order valence-corrected chi connectivity index (χ1v) is 7.94. The second-order valence-electron chi connectivity index (χ2n) is 6.04. The lowest BCUT2D eigenvalue weighted by atomic mass is 9.99. The molecule has 1 amide bonds. The molecule has 1 saturated heterocycles. The summed E-state index contributed by atoms with van der Waals surface area (Å²) in [5, 5.41) is 3.25. The Kier molecular flexibility index (Phi) is 5.15. The number of rotatable bonds is 4. The highest BCUT2D eigenvalue weighted by Crippen LogP contribution is 2.22. The number of hydrogen-bond acceptors (Lipinski definition) is 4. The Morgan fingerprint density at radius 3 is 2.86 bits per heavy atom. The van der Waals surface area contributed by atoms with Gasteiger partial charge < -0.3 is 10.2 Å². The minimum Gasteiger partial charge on any atom is -0.368 e. The van der Waals surface area contributed by atoms with Crippen molar-refractivity contribution in [3.63, 3.8) is 0 Å². The third kappa shape index (κ3) is 3.93. The fourth-order valence-electron chi connectivity index (χ4n) is 2.89. The third-order valence-corrected chi connectivity index (χ3v) is 3.85. The smallest absolute Gasteiger partial charge is 0.272 e. The van der Waals surface area contributed by atoms with Gasteiger partial charge in [0, 0.05) is 24.7 Å². The Morgan fingerprint density at radius 1 is 1.43 bits per heavy atom.